The number of piperidine rings is 1. The Balaban J connectivity index is 1.07. The molecule has 3 heterocycles. The monoisotopic (exact) mass is 494 g/mol. The van der Waals surface area contributed by atoms with Crippen LogP contribution in [0.5, 0.6) is 5.75 Å². The standard InChI is InChI=1S/C27H28ClFN4O2/c1-17-13-26(22-5-3-19(28)14-25(22)32-17)35-27(34)30-9-2-10-33-11-7-18(8-12-33)23-16-31-24-15-20(29)4-6-21(23)24/h3-6,13-16,18,31H,2,7-12H2,1H3,(H,30,34). The van der Waals surface area contributed by atoms with Gasteiger partial charge in [-0.15, -0.1) is 0 Å². The van der Waals surface area contributed by atoms with E-state index in [1.165, 1.54) is 11.6 Å². The summed E-state index contributed by atoms with van der Waals surface area (Å²) in [4.78, 5) is 22.5. The summed E-state index contributed by atoms with van der Waals surface area (Å²) in [6.45, 7) is 5.33. The molecule has 4 aromatic rings. The second kappa shape index (κ2) is 10.2. The van der Waals surface area contributed by atoms with Crippen LogP contribution in [0.1, 0.15) is 36.4 Å². The predicted octanol–water partition coefficient (Wildman–Crippen LogP) is 6.18. The molecule has 1 aliphatic heterocycles. The average molecular weight is 495 g/mol. The highest BCUT2D eigenvalue weighted by molar-refractivity contribution is 6.31. The molecule has 5 rings (SSSR count). The van der Waals surface area contributed by atoms with Gasteiger partial charge >= 0.3 is 6.09 Å². The van der Waals surface area contributed by atoms with Gasteiger partial charge in [0.15, 0.2) is 0 Å². The number of ether oxygens (including phenoxy) is 1. The highest BCUT2D eigenvalue weighted by atomic mass is 35.5. The molecule has 0 bridgehead atoms. The van der Waals surface area contributed by atoms with Crippen LogP contribution in [0, 0.1) is 12.7 Å². The van der Waals surface area contributed by atoms with E-state index in [2.05, 4.69) is 20.2 Å². The largest absolute Gasteiger partial charge is 0.412 e. The van der Waals surface area contributed by atoms with Crippen molar-refractivity contribution in [1.82, 2.24) is 20.2 Å². The van der Waals surface area contributed by atoms with Crippen molar-refractivity contribution in [2.45, 2.75) is 32.1 Å². The van der Waals surface area contributed by atoms with Gasteiger partial charge in [0.1, 0.15) is 11.6 Å². The van der Waals surface area contributed by atoms with Gasteiger partial charge in [-0.3, -0.25) is 4.98 Å². The maximum Gasteiger partial charge on any atom is 0.412 e. The lowest BCUT2D eigenvalue weighted by atomic mass is 9.89. The van der Waals surface area contributed by atoms with Gasteiger partial charge in [-0.05, 0) is 93.7 Å². The van der Waals surface area contributed by atoms with Crippen LogP contribution in [-0.4, -0.2) is 47.1 Å². The summed E-state index contributed by atoms with van der Waals surface area (Å²) in [5.74, 6) is 0.739. The fourth-order valence-electron chi connectivity index (χ4n) is 4.94. The van der Waals surface area contributed by atoms with Crippen LogP contribution in [0.3, 0.4) is 0 Å². The number of benzene rings is 2. The first-order chi connectivity index (χ1) is 17.0. The topological polar surface area (TPSA) is 70.2 Å². The summed E-state index contributed by atoms with van der Waals surface area (Å²) in [5.41, 5.74) is 3.60. The number of nitrogens with one attached hydrogen (secondary N) is 2. The molecule has 1 fully saturated rings. The smallest absolute Gasteiger partial charge is 0.410 e. The van der Waals surface area contributed by atoms with Crippen LogP contribution in [0.15, 0.2) is 48.7 Å². The van der Waals surface area contributed by atoms with Gasteiger partial charge in [-0.1, -0.05) is 11.6 Å². The lowest BCUT2D eigenvalue weighted by molar-refractivity contribution is 0.195. The zero-order chi connectivity index (χ0) is 24.4. The second-order valence-electron chi connectivity index (χ2n) is 9.14. The summed E-state index contributed by atoms with van der Waals surface area (Å²) >= 11 is 6.06. The van der Waals surface area contributed by atoms with Crippen molar-refractivity contribution in [1.29, 1.82) is 0 Å². The number of halogens is 2. The Morgan fingerprint density at radius 2 is 2.00 bits per heavy atom. The van der Waals surface area contributed by atoms with Gasteiger partial charge in [0.25, 0.3) is 0 Å². The molecular weight excluding hydrogens is 467 g/mol. The molecule has 0 aliphatic carbocycles. The first kappa shape index (κ1) is 23.6. The molecule has 0 radical (unpaired) electrons. The molecule has 1 aliphatic rings. The number of carbonyl (C=O) groups excluding carboxylic acids is 1. The first-order valence-electron chi connectivity index (χ1n) is 12.0. The molecule has 2 aromatic carbocycles. The fraction of sp³-hybridized carbons (Fsp3) is 0.333. The number of carbonyl (C=O) groups is 1. The van der Waals surface area contributed by atoms with E-state index in [4.69, 9.17) is 16.3 Å². The minimum absolute atomic E-state index is 0.215. The molecule has 2 aromatic heterocycles. The molecule has 1 amide bonds. The molecule has 2 N–H and O–H groups in total. The number of aromatic nitrogens is 2. The Bertz CT molecular complexity index is 1360. The van der Waals surface area contributed by atoms with E-state index in [-0.39, 0.29) is 5.82 Å². The number of pyridine rings is 1. The number of aromatic amines is 1. The maximum atomic E-state index is 13.5. The van der Waals surface area contributed by atoms with Crippen molar-refractivity contribution in [3.05, 3.63) is 70.8 Å². The molecule has 35 heavy (non-hydrogen) atoms. The third-order valence-electron chi connectivity index (χ3n) is 6.69. The molecule has 0 saturated carbocycles. The summed E-state index contributed by atoms with van der Waals surface area (Å²) in [7, 11) is 0. The van der Waals surface area contributed by atoms with Crippen molar-refractivity contribution < 1.29 is 13.9 Å². The van der Waals surface area contributed by atoms with Gasteiger partial charge < -0.3 is 19.9 Å². The third kappa shape index (κ3) is 5.41. The Morgan fingerprint density at radius 1 is 1.20 bits per heavy atom. The van der Waals surface area contributed by atoms with Crippen LogP contribution in [-0.2, 0) is 0 Å². The van der Waals surface area contributed by atoms with Crippen molar-refractivity contribution >= 4 is 39.5 Å². The summed E-state index contributed by atoms with van der Waals surface area (Å²) in [6, 6.07) is 12.0. The zero-order valence-electron chi connectivity index (χ0n) is 19.6. The molecule has 0 spiro atoms. The molecular formula is C27H28ClFN4O2. The van der Waals surface area contributed by atoms with E-state index < -0.39 is 6.09 Å². The lowest BCUT2D eigenvalue weighted by Crippen LogP contribution is -2.36. The first-order valence-corrected chi connectivity index (χ1v) is 12.4. The van der Waals surface area contributed by atoms with E-state index in [1.807, 2.05) is 25.3 Å². The SMILES string of the molecule is Cc1cc(OC(=O)NCCCN2CCC(c3c[nH]c4cc(F)ccc34)CC2)c2ccc(Cl)cc2n1. The number of amides is 1. The fourth-order valence-corrected chi connectivity index (χ4v) is 5.10. The molecule has 1 saturated heterocycles. The highest BCUT2D eigenvalue weighted by Gasteiger charge is 2.22. The van der Waals surface area contributed by atoms with Crippen LogP contribution in [0.25, 0.3) is 21.8 Å². The van der Waals surface area contributed by atoms with Crippen LogP contribution in [0.4, 0.5) is 9.18 Å². The van der Waals surface area contributed by atoms with Gasteiger partial charge in [-0.2, -0.15) is 0 Å². The minimum atomic E-state index is -0.471. The van der Waals surface area contributed by atoms with Crippen molar-refractivity contribution in [2.75, 3.05) is 26.2 Å². The third-order valence-corrected chi connectivity index (χ3v) is 6.92. The molecule has 6 nitrogen and oxygen atoms in total. The summed E-state index contributed by atoms with van der Waals surface area (Å²) in [6.07, 6.45) is 4.54. The van der Waals surface area contributed by atoms with Crippen molar-refractivity contribution in [3.63, 3.8) is 0 Å². The number of H-pyrrole nitrogens is 1. The molecule has 182 valence electrons. The van der Waals surface area contributed by atoms with E-state index in [0.717, 1.165) is 60.9 Å². The Kier molecular flexibility index (Phi) is 6.88. The predicted molar refractivity (Wildman–Crippen MR) is 137 cm³/mol. The Labute approximate surface area is 208 Å². The van der Waals surface area contributed by atoms with Gasteiger partial charge in [-0.25, -0.2) is 9.18 Å². The normalized spacial score (nSPS) is 15.1. The second-order valence-corrected chi connectivity index (χ2v) is 9.58. The number of fused-ring (bicyclic) bond motifs is 2. The quantitative estimate of drug-likeness (QED) is 0.314. The Morgan fingerprint density at radius 3 is 2.83 bits per heavy atom. The van der Waals surface area contributed by atoms with Crippen LogP contribution in [0.2, 0.25) is 5.02 Å². The number of rotatable bonds is 6. The maximum absolute atomic E-state index is 13.5. The lowest BCUT2D eigenvalue weighted by Gasteiger charge is -2.32. The summed E-state index contributed by atoms with van der Waals surface area (Å²) in [5, 5.41) is 5.31. The Hall–Kier alpha value is -3.16. The number of aryl methyl sites for hydroxylation is 1. The van der Waals surface area contributed by atoms with E-state index in [1.54, 1.807) is 24.3 Å². The number of hydrogen-bond donors (Lipinski definition) is 2. The van der Waals surface area contributed by atoms with E-state index in [0.29, 0.717) is 28.8 Å². The molecule has 0 unspecified atom stereocenters. The van der Waals surface area contributed by atoms with Crippen LogP contribution < -0.4 is 10.1 Å². The van der Waals surface area contributed by atoms with Crippen LogP contribution >= 0.6 is 11.6 Å². The van der Waals surface area contributed by atoms with E-state index in [9.17, 15) is 9.18 Å². The number of hydrogen-bond acceptors (Lipinski definition) is 4. The number of likely N-dealkylation sites (tertiary alicyclic amines) is 1. The van der Waals surface area contributed by atoms with Crippen molar-refractivity contribution in [3.8, 4) is 5.75 Å². The minimum Gasteiger partial charge on any atom is -0.410 e. The molecule has 8 heteroatoms. The van der Waals surface area contributed by atoms with Gasteiger partial charge in [0, 0.05) is 45.8 Å². The zero-order valence-corrected chi connectivity index (χ0v) is 20.4. The van der Waals surface area contributed by atoms with E-state index >= 15 is 0 Å². The highest BCUT2D eigenvalue weighted by Crippen LogP contribution is 2.33. The average Bonchev–Trinajstić information content (AvgIpc) is 3.25. The number of nitrogens with zero attached hydrogens (tertiary/aromatic N) is 2. The van der Waals surface area contributed by atoms with Gasteiger partial charge in [0.05, 0.1) is 5.52 Å². The summed E-state index contributed by atoms with van der Waals surface area (Å²) < 4.78 is 19.0. The van der Waals surface area contributed by atoms with Crippen molar-refractivity contribution in [2.24, 2.45) is 0 Å². The molecule has 0 atom stereocenters. The van der Waals surface area contributed by atoms with Gasteiger partial charge in [0.2, 0.25) is 0 Å².